The van der Waals surface area contributed by atoms with Gasteiger partial charge in [0.15, 0.2) is 0 Å². The van der Waals surface area contributed by atoms with E-state index in [1.807, 2.05) is 24.5 Å². The van der Waals surface area contributed by atoms with Crippen molar-refractivity contribution in [2.45, 2.75) is 56.5 Å². The minimum atomic E-state index is -0.311. The minimum Gasteiger partial charge on any atom is -0.353 e. The summed E-state index contributed by atoms with van der Waals surface area (Å²) in [7, 11) is 0. The fourth-order valence-electron chi connectivity index (χ4n) is 4.69. The smallest absolute Gasteiger partial charge is 0.230 e. The predicted molar refractivity (Wildman–Crippen MR) is 107 cm³/mol. The van der Waals surface area contributed by atoms with E-state index < -0.39 is 0 Å². The van der Waals surface area contributed by atoms with Crippen molar-refractivity contribution in [2.24, 2.45) is 0 Å². The predicted octanol–water partition coefficient (Wildman–Crippen LogP) is 3.67. The van der Waals surface area contributed by atoms with Crippen LogP contribution < -0.4 is 5.32 Å². The van der Waals surface area contributed by atoms with E-state index in [4.69, 9.17) is 0 Å². The summed E-state index contributed by atoms with van der Waals surface area (Å²) in [6.45, 7) is 3.00. The normalized spacial score (nSPS) is 20.4. The van der Waals surface area contributed by atoms with E-state index in [1.165, 1.54) is 11.1 Å². The lowest BCUT2D eigenvalue weighted by Crippen LogP contribution is -2.50. The van der Waals surface area contributed by atoms with Gasteiger partial charge in [-0.3, -0.25) is 14.7 Å². The molecule has 1 aliphatic carbocycles. The molecule has 1 saturated heterocycles. The number of carbonyl (C=O) groups excluding carboxylic acids is 1. The third-order valence-corrected chi connectivity index (χ3v) is 6.27. The van der Waals surface area contributed by atoms with Gasteiger partial charge in [-0.25, -0.2) is 0 Å². The van der Waals surface area contributed by atoms with Crippen molar-refractivity contribution < 1.29 is 4.79 Å². The topological polar surface area (TPSA) is 45.2 Å². The van der Waals surface area contributed by atoms with Gasteiger partial charge in [0.05, 0.1) is 5.41 Å². The quantitative estimate of drug-likeness (QED) is 0.881. The van der Waals surface area contributed by atoms with Gasteiger partial charge in [-0.2, -0.15) is 0 Å². The van der Waals surface area contributed by atoms with E-state index in [-0.39, 0.29) is 11.3 Å². The van der Waals surface area contributed by atoms with E-state index in [0.29, 0.717) is 6.04 Å². The second-order valence-electron chi connectivity index (χ2n) is 8.04. The van der Waals surface area contributed by atoms with E-state index in [9.17, 15) is 4.79 Å². The van der Waals surface area contributed by atoms with Crippen LogP contribution in [0.3, 0.4) is 0 Å². The van der Waals surface area contributed by atoms with Gasteiger partial charge in [0, 0.05) is 38.1 Å². The number of rotatable bonds is 5. The number of amides is 1. The second kappa shape index (κ2) is 8.22. The maximum Gasteiger partial charge on any atom is 0.230 e. The van der Waals surface area contributed by atoms with Crippen LogP contribution in [0.15, 0.2) is 54.9 Å². The summed E-state index contributed by atoms with van der Waals surface area (Å²) >= 11 is 0. The Hall–Kier alpha value is -2.20. The number of nitrogens with zero attached hydrogens (tertiary/aromatic N) is 2. The van der Waals surface area contributed by atoms with Crippen LogP contribution in [0.2, 0.25) is 0 Å². The monoisotopic (exact) mass is 363 g/mol. The first kappa shape index (κ1) is 18.2. The largest absolute Gasteiger partial charge is 0.353 e. The van der Waals surface area contributed by atoms with Crippen LogP contribution in [0.5, 0.6) is 0 Å². The van der Waals surface area contributed by atoms with Gasteiger partial charge in [-0.15, -0.1) is 0 Å². The molecule has 1 aromatic heterocycles. The van der Waals surface area contributed by atoms with Crippen LogP contribution in [0.4, 0.5) is 0 Å². The van der Waals surface area contributed by atoms with Crippen LogP contribution in [0, 0.1) is 0 Å². The Morgan fingerprint density at radius 2 is 1.81 bits per heavy atom. The molecule has 2 fully saturated rings. The number of benzene rings is 1. The molecule has 1 N–H and O–H groups in total. The Kier molecular flexibility index (Phi) is 5.53. The van der Waals surface area contributed by atoms with Gasteiger partial charge in [-0.05, 0) is 42.9 Å². The summed E-state index contributed by atoms with van der Waals surface area (Å²) in [6, 6.07) is 14.8. The maximum atomic E-state index is 13.3. The molecule has 0 bridgehead atoms. The molecule has 1 aliphatic heterocycles. The van der Waals surface area contributed by atoms with Gasteiger partial charge in [0.2, 0.25) is 5.91 Å². The number of aromatic nitrogens is 1. The SMILES string of the molecule is O=C(NC1CCN(Cc2cccnc2)CC1)C1(c2ccccc2)CCCC1. The maximum absolute atomic E-state index is 13.3. The number of carbonyl (C=O) groups is 1. The highest BCUT2D eigenvalue weighted by molar-refractivity contribution is 5.88. The lowest BCUT2D eigenvalue weighted by atomic mass is 9.77. The highest BCUT2D eigenvalue weighted by Gasteiger charge is 2.43. The molecule has 2 aliphatic rings. The summed E-state index contributed by atoms with van der Waals surface area (Å²) in [6.07, 6.45) is 10.0. The molecule has 0 atom stereocenters. The minimum absolute atomic E-state index is 0.247. The first-order chi connectivity index (χ1) is 13.3. The highest BCUT2D eigenvalue weighted by Crippen LogP contribution is 2.41. The van der Waals surface area contributed by atoms with Crippen molar-refractivity contribution in [1.82, 2.24) is 15.2 Å². The molecular formula is C23H29N3O. The Labute approximate surface area is 162 Å². The molecule has 4 nitrogen and oxygen atoms in total. The molecule has 1 saturated carbocycles. The van der Waals surface area contributed by atoms with Crippen LogP contribution in [-0.2, 0) is 16.8 Å². The molecule has 1 aromatic carbocycles. The van der Waals surface area contributed by atoms with Crippen LogP contribution in [0.25, 0.3) is 0 Å². The van der Waals surface area contributed by atoms with Crippen molar-refractivity contribution in [3.63, 3.8) is 0 Å². The van der Waals surface area contributed by atoms with Gasteiger partial charge >= 0.3 is 0 Å². The van der Waals surface area contributed by atoms with E-state index in [1.54, 1.807) is 0 Å². The zero-order valence-corrected chi connectivity index (χ0v) is 15.9. The van der Waals surface area contributed by atoms with Crippen molar-refractivity contribution in [3.8, 4) is 0 Å². The van der Waals surface area contributed by atoms with Gasteiger partial charge < -0.3 is 5.32 Å². The molecule has 0 radical (unpaired) electrons. The molecule has 1 amide bonds. The summed E-state index contributed by atoms with van der Waals surface area (Å²) in [5.74, 6) is 0.247. The zero-order chi connectivity index (χ0) is 18.5. The summed E-state index contributed by atoms with van der Waals surface area (Å²) in [4.78, 5) is 19.9. The molecule has 0 unspecified atom stereocenters. The third kappa shape index (κ3) is 4.06. The molecule has 142 valence electrons. The van der Waals surface area contributed by atoms with E-state index in [2.05, 4.69) is 45.5 Å². The number of likely N-dealkylation sites (tertiary alicyclic amines) is 1. The van der Waals surface area contributed by atoms with E-state index >= 15 is 0 Å². The van der Waals surface area contributed by atoms with Crippen molar-refractivity contribution in [1.29, 1.82) is 0 Å². The molecule has 2 aromatic rings. The Morgan fingerprint density at radius 1 is 1.07 bits per heavy atom. The Balaban J connectivity index is 1.35. The summed E-state index contributed by atoms with van der Waals surface area (Å²) in [5, 5.41) is 3.41. The number of nitrogens with one attached hydrogen (secondary N) is 1. The van der Waals surface area contributed by atoms with Crippen LogP contribution in [-0.4, -0.2) is 34.9 Å². The lowest BCUT2D eigenvalue weighted by Gasteiger charge is -2.35. The first-order valence-electron chi connectivity index (χ1n) is 10.2. The standard InChI is InChI=1S/C23H29N3O/c27-22(23(12-4-5-13-23)20-8-2-1-3-9-20)25-21-10-15-26(16-11-21)18-19-7-6-14-24-17-19/h1-3,6-9,14,17,21H,4-5,10-13,15-16,18H2,(H,25,27). The number of piperidine rings is 1. The lowest BCUT2D eigenvalue weighted by molar-refractivity contribution is -0.127. The number of hydrogen-bond donors (Lipinski definition) is 1. The molecule has 0 spiro atoms. The Bertz CT molecular complexity index is 733. The molecular weight excluding hydrogens is 334 g/mol. The average Bonchev–Trinajstić information content (AvgIpc) is 3.22. The van der Waals surface area contributed by atoms with Crippen LogP contribution >= 0.6 is 0 Å². The second-order valence-corrected chi connectivity index (χ2v) is 8.04. The highest BCUT2D eigenvalue weighted by atomic mass is 16.2. The molecule has 4 heteroatoms. The van der Waals surface area contributed by atoms with Crippen LogP contribution in [0.1, 0.15) is 49.7 Å². The summed E-state index contributed by atoms with van der Waals surface area (Å²) in [5.41, 5.74) is 2.14. The Morgan fingerprint density at radius 3 is 2.48 bits per heavy atom. The fraction of sp³-hybridized carbons (Fsp3) is 0.478. The number of hydrogen-bond acceptors (Lipinski definition) is 3. The molecule has 4 rings (SSSR count). The first-order valence-corrected chi connectivity index (χ1v) is 10.2. The third-order valence-electron chi connectivity index (χ3n) is 6.27. The average molecular weight is 364 g/mol. The number of pyridine rings is 1. The van der Waals surface area contributed by atoms with E-state index in [0.717, 1.165) is 58.2 Å². The van der Waals surface area contributed by atoms with Gasteiger partial charge in [0.1, 0.15) is 0 Å². The van der Waals surface area contributed by atoms with Gasteiger partial charge in [0.25, 0.3) is 0 Å². The van der Waals surface area contributed by atoms with Gasteiger partial charge in [-0.1, -0.05) is 49.2 Å². The van der Waals surface area contributed by atoms with Crippen molar-refractivity contribution in [3.05, 3.63) is 66.0 Å². The molecule has 2 heterocycles. The van der Waals surface area contributed by atoms with Crippen molar-refractivity contribution >= 4 is 5.91 Å². The fourth-order valence-corrected chi connectivity index (χ4v) is 4.69. The van der Waals surface area contributed by atoms with Crippen molar-refractivity contribution in [2.75, 3.05) is 13.1 Å². The zero-order valence-electron chi connectivity index (χ0n) is 15.9. The summed E-state index contributed by atoms with van der Waals surface area (Å²) < 4.78 is 0. The molecule has 27 heavy (non-hydrogen) atoms.